The average molecular weight is 229 g/mol. The largest absolute Gasteiger partial charge is 0.464 e. The molecule has 0 radical (unpaired) electrons. The van der Waals surface area contributed by atoms with Crippen molar-refractivity contribution >= 4 is 17.6 Å². The van der Waals surface area contributed by atoms with Crippen LogP contribution in [0.25, 0.3) is 0 Å². The number of carbonyl (C=O) groups is 1. The summed E-state index contributed by atoms with van der Waals surface area (Å²) in [7, 11) is 0. The van der Waals surface area contributed by atoms with Gasteiger partial charge < -0.3 is 9.84 Å². The second-order valence-electron chi connectivity index (χ2n) is 3.22. The van der Waals surface area contributed by atoms with Crippen molar-refractivity contribution in [3.8, 4) is 0 Å². The number of benzene rings is 1. The highest BCUT2D eigenvalue weighted by molar-refractivity contribution is 6.30. The van der Waals surface area contributed by atoms with Crippen LogP contribution in [0.15, 0.2) is 18.2 Å². The van der Waals surface area contributed by atoms with Gasteiger partial charge >= 0.3 is 5.97 Å². The average Bonchev–Trinajstić information content (AvgIpc) is 2.15. The third-order valence-corrected chi connectivity index (χ3v) is 2.11. The topological polar surface area (TPSA) is 46.5 Å². The summed E-state index contributed by atoms with van der Waals surface area (Å²) in [4.78, 5) is 11.3. The molecule has 1 aromatic rings. The fraction of sp³-hybridized carbons (Fsp3) is 0.364. The maximum Gasteiger partial charge on any atom is 0.339 e. The second-order valence-corrected chi connectivity index (χ2v) is 3.65. The number of ether oxygens (including phenoxy) is 1. The van der Waals surface area contributed by atoms with Crippen molar-refractivity contribution in [3.05, 3.63) is 34.3 Å². The molecule has 0 amide bonds. The molecule has 1 atom stereocenters. The van der Waals surface area contributed by atoms with E-state index in [1.807, 2.05) is 6.92 Å². The number of rotatable bonds is 3. The van der Waals surface area contributed by atoms with Gasteiger partial charge in [0.25, 0.3) is 0 Å². The summed E-state index contributed by atoms with van der Waals surface area (Å²) in [6, 6.07) is 5.01. The van der Waals surface area contributed by atoms with Gasteiger partial charge in [-0.2, -0.15) is 0 Å². The Bertz CT molecular complexity index is 343. The van der Waals surface area contributed by atoms with Gasteiger partial charge in [-0.15, -0.1) is 0 Å². The monoisotopic (exact) mass is 228 g/mol. The molecule has 0 bridgehead atoms. The first kappa shape index (κ1) is 12.0. The van der Waals surface area contributed by atoms with E-state index in [2.05, 4.69) is 0 Å². The molecule has 1 unspecified atom stereocenters. The van der Waals surface area contributed by atoms with E-state index in [9.17, 15) is 9.90 Å². The molecule has 0 spiro atoms. The lowest BCUT2D eigenvalue weighted by atomic mass is 10.1. The van der Waals surface area contributed by atoms with Gasteiger partial charge in [0.05, 0.1) is 6.61 Å². The molecule has 3 nitrogen and oxygen atoms in total. The lowest BCUT2D eigenvalue weighted by Gasteiger charge is -2.10. The number of aliphatic hydroxyl groups is 1. The number of halogens is 1. The Kier molecular flexibility index (Phi) is 4.12. The van der Waals surface area contributed by atoms with Gasteiger partial charge in [-0.05, 0) is 37.1 Å². The quantitative estimate of drug-likeness (QED) is 0.808. The van der Waals surface area contributed by atoms with E-state index in [0.29, 0.717) is 10.6 Å². The highest BCUT2D eigenvalue weighted by Gasteiger charge is 2.18. The van der Waals surface area contributed by atoms with Crippen LogP contribution in [0.4, 0.5) is 0 Å². The van der Waals surface area contributed by atoms with E-state index in [1.165, 1.54) is 0 Å². The van der Waals surface area contributed by atoms with Gasteiger partial charge in [-0.25, -0.2) is 4.79 Å². The molecule has 0 heterocycles. The SMILES string of the molecule is CCOC(=O)C(O)c1cc(C)cc(Cl)c1. The Morgan fingerprint density at radius 1 is 1.53 bits per heavy atom. The highest BCUT2D eigenvalue weighted by atomic mass is 35.5. The summed E-state index contributed by atoms with van der Waals surface area (Å²) in [6.45, 7) is 3.77. The van der Waals surface area contributed by atoms with Crippen molar-refractivity contribution in [2.45, 2.75) is 20.0 Å². The standard InChI is InChI=1S/C11H13ClO3/c1-3-15-11(14)10(13)8-4-7(2)5-9(12)6-8/h4-6,10,13H,3H2,1-2H3. The molecule has 15 heavy (non-hydrogen) atoms. The molecule has 0 fully saturated rings. The van der Waals surface area contributed by atoms with Crippen LogP contribution in [0.5, 0.6) is 0 Å². The predicted octanol–water partition coefficient (Wildman–Crippen LogP) is 2.24. The lowest BCUT2D eigenvalue weighted by Crippen LogP contribution is -2.15. The fourth-order valence-electron chi connectivity index (χ4n) is 1.28. The molecule has 0 aliphatic heterocycles. The summed E-state index contributed by atoms with van der Waals surface area (Å²) >= 11 is 5.81. The van der Waals surface area contributed by atoms with Gasteiger partial charge in [0, 0.05) is 5.02 Å². The van der Waals surface area contributed by atoms with Crippen LogP contribution in [0.1, 0.15) is 24.2 Å². The van der Waals surface area contributed by atoms with Crippen LogP contribution in [-0.2, 0) is 9.53 Å². The minimum atomic E-state index is -1.26. The summed E-state index contributed by atoms with van der Waals surface area (Å²) in [5, 5.41) is 10.1. The Labute approximate surface area is 93.6 Å². The summed E-state index contributed by atoms with van der Waals surface area (Å²) in [6.07, 6.45) is -1.26. The molecule has 0 aromatic heterocycles. The van der Waals surface area contributed by atoms with Crippen molar-refractivity contribution in [2.24, 2.45) is 0 Å². The van der Waals surface area contributed by atoms with Gasteiger partial charge in [-0.3, -0.25) is 0 Å². The summed E-state index contributed by atoms with van der Waals surface area (Å²) in [5.74, 6) is -0.654. The first-order chi connectivity index (χ1) is 7.04. The van der Waals surface area contributed by atoms with Crippen LogP contribution in [0.2, 0.25) is 5.02 Å². The van der Waals surface area contributed by atoms with Crippen molar-refractivity contribution in [2.75, 3.05) is 6.61 Å². The minimum absolute atomic E-state index is 0.245. The zero-order valence-electron chi connectivity index (χ0n) is 8.66. The molecule has 1 aromatic carbocycles. The molecular formula is C11H13ClO3. The van der Waals surface area contributed by atoms with Crippen LogP contribution in [0, 0.1) is 6.92 Å². The van der Waals surface area contributed by atoms with Gasteiger partial charge in [0.2, 0.25) is 0 Å². The molecular weight excluding hydrogens is 216 g/mol. The Morgan fingerprint density at radius 2 is 2.20 bits per heavy atom. The third-order valence-electron chi connectivity index (χ3n) is 1.89. The first-order valence-electron chi connectivity index (χ1n) is 4.66. The zero-order chi connectivity index (χ0) is 11.4. The number of carbonyl (C=O) groups excluding carboxylic acids is 1. The number of hydrogen-bond acceptors (Lipinski definition) is 3. The maximum atomic E-state index is 11.3. The number of aryl methyl sites for hydroxylation is 1. The van der Waals surface area contributed by atoms with Gasteiger partial charge in [0.1, 0.15) is 0 Å². The lowest BCUT2D eigenvalue weighted by molar-refractivity contribution is -0.153. The molecule has 0 aliphatic carbocycles. The van der Waals surface area contributed by atoms with E-state index in [0.717, 1.165) is 5.56 Å². The van der Waals surface area contributed by atoms with E-state index < -0.39 is 12.1 Å². The van der Waals surface area contributed by atoms with Crippen molar-refractivity contribution < 1.29 is 14.6 Å². The first-order valence-corrected chi connectivity index (χ1v) is 5.04. The highest BCUT2D eigenvalue weighted by Crippen LogP contribution is 2.21. The molecule has 0 saturated carbocycles. The molecule has 1 rings (SSSR count). The summed E-state index contributed by atoms with van der Waals surface area (Å²) in [5.41, 5.74) is 1.35. The van der Waals surface area contributed by atoms with E-state index in [4.69, 9.17) is 16.3 Å². The molecule has 4 heteroatoms. The molecule has 1 N–H and O–H groups in total. The minimum Gasteiger partial charge on any atom is -0.464 e. The van der Waals surface area contributed by atoms with E-state index in [1.54, 1.807) is 25.1 Å². The van der Waals surface area contributed by atoms with Crippen LogP contribution < -0.4 is 0 Å². The molecule has 0 saturated heterocycles. The van der Waals surface area contributed by atoms with Gasteiger partial charge in [0.15, 0.2) is 6.10 Å². The van der Waals surface area contributed by atoms with Gasteiger partial charge in [-0.1, -0.05) is 17.7 Å². The van der Waals surface area contributed by atoms with Crippen molar-refractivity contribution in [1.82, 2.24) is 0 Å². The third kappa shape index (κ3) is 3.22. The fourth-order valence-corrected chi connectivity index (χ4v) is 1.58. The normalized spacial score (nSPS) is 12.3. The second kappa shape index (κ2) is 5.14. The van der Waals surface area contributed by atoms with E-state index in [-0.39, 0.29) is 6.61 Å². The number of aliphatic hydroxyl groups excluding tert-OH is 1. The van der Waals surface area contributed by atoms with Crippen LogP contribution in [-0.4, -0.2) is 17.7 Å². The Morgan fingerprint density at radius 3 is 2.73 bits per heavy atom. The van der Waals surface area contributed by atoms with Crippen molar-refractivity contribution in [1.29, 1.82) is 0 Å². The Balaban J connectivity index is 2.90. The molecule has 0 aliphatic rings. The van der Waals surface area contributed by atoms with Crippen LogP contribution in [0.3, 0.4) is 0 Å². The number of hydrogen-bond donors (Lipinski definition) is 1. The molecule has 82 valence electrons. The summed E-state index contributed by atoms with van der Waals surface area (Å²) < 4.78 is 4.71. The predicted molar refractivity (Wildman–Crippen MR) is 57.8 cm³/mol. The van der Waals surface area contributed by atoms with E-state index >= 15 is 0 Å². The van der Waals surface area contributed by atoms with Crippen LogP contribution >= 0.6 is 11.6 Å². The zero-order valence-corrected chi connectivity index (χ0v) is 9.41. The van der Waals surface area contributed by atoms with Crippen molar-refractivity contribution in [3.63, 3.8) is 0 Å². The smallest absolute Gasteiger partial charge is 0.339 e. The Hall–Kier alpha value is -1.06. The maximum absolute atomic E-state index is 11.3. The number of esters is 1.